The average molecular weight is 288 g/mol. The van der Waals surface area contributed by atoms with Crippen LogP contribution in [0.4, 0.5) is 8.78 Å². The van der Waals surface area contributed by atoms with Gasteiger partial charge in [0.25, 0.3) is 0 Å². The van der Waals surface area contributed by atoms with Crippen LogP contribution >= 0.6 is 11.6 Å². The van der Waals surface area contributed by atoms with Gasteiger partial charge < -0.3 is 10.1 Å². The van der Waals surface area contributed by atoms with Crippen molar-refractivity contribution in [3.8, 4) is 5.75 Å². The minimum absolute atomic E-state index is 0.00558. The van der Waals surface area contributed by atoms with Gasteiger partial charge in [0.1, 0.15) is 16.9 Å². The Morgan fingerprint density at radius 1 is 1.21 bits per heavy atom. The van der Waals surface area contributed by atoms with E-state index >= 15 is 0 Å². The predicted octanol–water partition coefficient (Wildman–Crippen LogP) is 3.39. The molecule has 0 amide bonds. The molecule has 1 aromatic rings. The summed E-state index contributed by atoms with van der Waals surface area (Å²) in [6, 6.07) is 2.48. The third kappa shape index (κ3) is 2.70. The zero-order valence-corrected chi connectivity index (χ0v) is 11.2. The van der Waals surface area contributed by atoms with Crippen molar-refractivity contribution in [2.24, 2.45) is 11.8 Å². The molecule has 1 aliphatic carbocycles. The molecule has 5 heteroatoms. The lowest BCUT2D eigenvalue weighted by Gasteiger charge is -2.24. The van der Waals surface area contributed by atoms with Crippen LogP contribution in [-0.2, 0) is 0 Å². The van der Waals surface area contributed by atoms with Gasteiger partial charge in [0.2, 0.25) is 0 Å². The van der Waals surface area contributed by atoms with Crippen LogP contribution in [0.15, 0.2) is 12.1 Å². The monoisotopic (exact) mass is 287 g/mol. The van der Waals surface area contributed by atoms with Crippen LogP contribution in [-0.4, -0.2) is 19.2 Å². The Bertz CT molecular complexity index is 473. The number of benzene rings is 1. The molecule has 1 aromatic carbocycles. The minimum atomic E-state index is -0.793. The van der Waals surface area contributed by atoms with Gasteiger partial charge in [-0.05, 0) is 43.9 Å². The molecule has 2 fully saturated rings. The second-order valence-electron chi connectivity index (χ2n) is 5.35. The van der Waals surface area contributed by atoms with E-state index in [0.29, 0.717) is 11.8 Å². The molecular formula is C14H16ClF2NO. The second kappa shape index (κ2) is 5.25. The molecule has 1 saturated heterocycles. The van der Waals surface area contributed by atoms with E-state index in [1.165, 1.54) is 6.07 Å². The number of nitrogens with one attached hydrogen (secondary N) is 1. The number of hydrogen-bond acceptors (Lipinski definition) is 2. The summed E-state index contributed by atoms with van der Waals surface area (Å²) in [5.41, 5.74) is 0. The van der Waals surface area contributed by atoms with Crippen molar-refractivity contribution in [1.29, 1.82) is 0 Å². The van der Waals surface area contributed by atoms with Gasteiger partial charge in [-0.25, -0.2) is 8.78 Å². The number of halogens is 3. The van der Waals surface area contributed by atoms with Crippen molar-refractivity contribution in [2.75, 3.05) is 13.1 Å². The predicted molar refractivity (Wildman–Crippen MR) is 69.5 cm³/mol. The van der Waals surface area contributed by atoms with Crippen molar-refractivity contribution in [1.82, 2.24) is 5.32 Å². The maximum atomic E-state index is 13.9. The zero-order valence-electron chi connectivity index (χ0n) is 10.5. The van der Waals surface area contributed by atoms with E-state index in [2.05, 4.69) is 5.32 Å². The first kappa shape index (κ1) is 13.1. The van der Waals surface area contributed by atoms with Crippen molar-refractivity contribution >= 4 is 11.6 Å². The van der Waals surface area contributed by atoms with Crippen LogP contribution in [0.25, 0.3) is 0 Å². The van der Waals surface area contributed by atoms with E-state index in [4.69, 9.17) is 16.3 Å². The summed E-state index contributed by atoms with van der Waals surface area (Å²) in [5.74, 6) is -0.589. The van der Waals surface area contributed by atoms with Gasteiger partial charge in [0, 0.05) is 12.5 Å². The van der Waals surface area contributed by atoms with Crippen molar-refractivity contribution in [2.45, 2.75) is 25.4 Å². The second-order valence-corrected chi connectivity index (χ2v) is 5.72. The standard InChI is InChI=1S/C14H16ClF2NO/c15-12-10(16)3-4-11(13(12)17)19-14(8-1-2-8)9-5-6-18-7-9/h3-4,8-9,14,18H,1-2,5-7H2/t9-,14?/m0/s1. The van der Waals surface area contributed by atoms with E-state index in [9.17, 15) is 8.78 Å². The molecule has 0 spiro atoms. The minimum Gasteiger partial charge on any atom is -0.487 e. The van der Waals surface area contributed by atoms with Crippen molar-refractivity contribution in [3.63, 3.8) is 0 Å². The van der Waals surface area contributed by atoms with Gasteiger partial charge in [-0.1, -0.05) is 11.6 Å². The van der Waals surface area contributed by atoms with Crippen LogP contribution in [0.3, 0.4) is 0 Å². The third-order valence-electron chi connectivity index (χ3n) is 3.91. The first-order valence-electron chi connectivity index (χ1n) is 6.67. The van der Waals surface area contributed by atoms with Crippen molar-refractivity contribution < 1.29 is 13.5 Å². The first-order chi connectivity index (χ1) is 9.16. The Morgan fingerprint density at radius 3 is 2.63 bits per heavy atom. The molecule has 1 unspecified atom stereocenters. The largest absolute Gasteiger partial charge is 0.487 e. The van der Waals surface area contributed by atoms with Crippen LogP contribution in [0.2, 0.25) is 5.02 Å². The molecular weight excluding hydrogens is 272 g/mol. The van der Waals surface area contributed by atoms with E-state index in [0.717, 1.165) is 38.4 Å². The summed E-state index contributed by atoms with van der Waals surface area (Å²) in [7, 11) is 0. The SMILES string of the molecule is Fc1ccc(OC(C2CC2)[C@H]2CCNC2)c(F)c1Cl. The molecule has 2 aliphatic rings. The van der Waals surface area contributed by atoms with Gasteiger partial charge in [-0.2, -0.15) is 0 Å². The molecule has 1 saturated carbocycles. The van der Waals surface area contributed by atoms with E-state index in [-0.39, 0.29) is 11.9 Å². The molecule has 1 aliphatic heterocycles. The maximum Gasteiger partial charge on any atom is 0.186 e. The van der Waals surface area contributed by atoms with Crippen LogP contribution in [0.5, 0.6) is 5.75 Å². The smallest absolute Gasteiger partial charge is 0.186 e. The Balaban J connectivity index is 1.80. The van der Waals surface area contributed by atoms with Crippen LogP contribution < -0.4 is 10.1 Å². The lowest BCUT2D eigenvalue weighted by atomic mass is 9.97. The Hall–Kier alpha value is -0.870. The first-order valence-corrected chi connectivity index (χ1v) is 7.05. The molecule has 104 valence electrons. The fraction of sp³-hybridized carbons (Fsp3) is 0.571. The van der Waals surface area contributed by atoms with E-state index in [1.807, 2.05) is 0 Å². The van der Waals surface area contributed by atoms with Gasteiger partial charge in [-0.3, -0.25) is 0 Å². The third-order valence-corrected chi connectivity index (χ3v) is 4.26. The number of rotatable bonds is 4. The Kier molecular flexibility index (Phi) is 3.63. The molecule has 0 bridgehead atoms. The number of hydrogen-bond donors (Lipinski definition) is 1. The highest BCUT2D eigenvalue weighted by atomic mass is 35.5. The highest BCUT2D eigenvalue weighted by Crippen LogP contribution is 2.40. The molecule has 0 radical (unpaired) electrons. The molecule has 0 aromatic heterocycles. The van der Waals surface area contributed by atoms with Gasteiger partial charge in [0.15, 0.2) is 11.6 Å². The number of ether oxygens (including phenoxy) is 1. The lowest BCUT2D eigenvalue weighted by Crippen LogP contribution is -2.31. The average Bonchev–Trinajstić information content (AvgIpc) is 3.10. The summed E-state index contributed by atoms with van der Waals surface area (Å²) in [6.45, 7) is 1.88. The van der Waals surface area contributed by atoms with Gasteiger partial charge in [-0.15, -0.1) is 0 Å². The van der Waals surface area contributed by atoms with Crippen LogP contribution in [0.1, 0.15) is 19.3 Å². The highest BCUT2D eigenvalue weighted by molar-refractivity contribution is 6.31. The summed E-state index contributed by atoms with van der Waals surface area (Å²) < 4.78 is 32.8. The highest BCUT2D eigenvalue weighted by Gasteiger charge is 2.39. The molecule has 3 rings (SSSR count). The Morgan fingerprint density at radius 2 is 2.00 bits per heavy atom. The topological polar surface area (TPSA) is 21.3 Å². The van der Waals surface area contributed by atoms with Gasteiger partial charge >= 0.3 is 0 Å². The quantitative estimate of drug-likeness (QED) is 0.857. The lowest BCUT2D eigenvalue weighted by molar-refractivity contribution is 0.115. The van der Waals surface area contributed by atoms with Gasteiger partial charge in [0.05, 0.1) is 0 Å². The fourth-order valence-corrected chi connectivity index (χ4v) is 2.86. The molecule has 2 atom stereocenters. The Labute approximate surface area is 116 Å². The maximum absolute atomic E-state index is 13.9. The molecule has 1 N–H and O–H groups in total. The summed E-state index contributed by atoms with van der Waals surface area (Å²) in [5, 5.41) is 2.81. The fourth-order valence-electron chi connectivity index (χ4n) is 2.71. The van der Waals surface area contributed by atoms with Crippen LogP contribution in [0, 0.1) is 23.5 Å². The summed E-state index contributed by atoms with van der Waals surface area (Å²) >= 11 is 5.58. The molecule has 1 heterocycles. The molecule has 19 heavy (non-hydrogen) atoms. The summed E-state index contributed by atoms with van der Waals surface area (Å²) in [6.07, 6.45) is 3.29. The molecule has 2 nitrogen and oxygen atoms in total. The summed E-state index contributed by atoms with van der Waals surface area (Å²) in [4.78, 5) is 0. The van der Waals surface area contributed by atoms with Crippen molar-refractivity contribution in [3.05, 3.63) is 28.8 Å². The zero-order chi connectivity index (χ0) is 13.4. The van der Waals surface area contributed by atoms with E-state index in [1.54, 1.807) is 0 Å². The van der Waals surface area contributed by atoms with E-state index < -0.39 is 16.7 Å². The normalized spacial score (nSPS) is 24.5.